The third kappa shape index (κ3) is 2.85. The van der Waals surface area contributed by atoms with Crippen molar-refractivity contribution in [2.75, 3.05) is 13.1 Å². The molecule has 1 aromatic carbocycles. The Morgan fingerprint density at radius 1 is 1.38 bits per heavy atom. The lowest BCUT2D eigenvalue weighted by molar-refractivity contribution is -0.143. The molecule has 0 saturated carbocycles. The maximum Gasteiger partial charge on any atom is 0.323 e. The molecule has 1 unspecified atom stereocenters. The van der Waals surface area contributed by atoms with Crippen LogP contribution in [0.5, 0.6) is 0 Å². The topological polar surface area (TPSA) is 104 Å². The number of rotatable bonds is 3. The Labute approximate surface area is 118 Å². The molecule has 0 radical (unpaired) electrons. The fourth-order valence-corrected chi connectivity index (χ4v) is 3.48. The van der Waals surface area contributed by atoms with Crippen LogP contribution in [-0.4, -0.2) is 48.8 Å². The van der Waals surface area contributed by atoms with Crippen molar-refractivity contribution in [1.29, 1.82) is 0 Å². The average Bonchev–Trinajstić information content (AvgIpc) is 2.37. The van der Waals surface area contributed by atoms with E-state index in [0.717, 1.165) is 6.07 Å². The molecule has 0 spiro atoms. The van der Waals surface area contributed by atoms with Crippen molar-refractivity contribution >= 4 is 21.9 Å². The first-order valence-electron chi connectivity index (χ1n) is 5.70. The summed E-state index contributed by atoms with van der Waals surface area (Å²) in [7, 11) is -4.59. The maximum absolute atomic E-state index is 13.6. The molecule has 114 valence electrons. The van der Waals surface area contributed by atoms with Gasteiger partial charge < -0.3 is 10.4 Å². The number of aliphatic carboxylic acids is 1. The zero-order valence-electron chi connectivity index (χ0n) is 10.4. The van der Waals surface area contributed by atoms with Crippen LogP contribution < -0.4 is 5.32 Å². The summed E-state index contributed by atoms with van der Waals surface area (Å²) in [6, 6.07) is 0.227. The van der Waals surface area contributed by atoms with Crippen LogP contribution in [-0.2, 0) is 19.6 Å². The van der Waals surface area contributed by atoms with E-state index < -0.39 is 57.6 Å². The minimum Gasteiger partial charge on any atom is -0.480 e. The van der Waals surface area contributed by atoms with Gasteiger partial charge in [-0.2, -0.15) is 4.31 Å². The van der Waals surface area contributed by atoms with Gasteiger partial charge in [-0.05, 0) is 12.1 Å². The summed E-state index contributed by atoms with van der Waals surface area (Å²) in [5.74, 6) is -4.53. The van der Waals surface area contributed by atoms with Crippen LogP contribution in [0.25, 0.3) is 0 Å². The molecule has 1 amide bonds. The summed E-state index contributed by atoms with van der Waals surface area (Å²) in [6.07, 6.45) is 0. The molecule has 7 nitrogen and oxygen atoms in total. The Bertz CT molecular complexity index is 707. The average molecular weight is 320 g/mol. The van der Waals surface area contributed by atoms with Crippen LogP contribution in [0.4, 0.5) is 8.78 Å². The Morgan fingerprint density at radius 2 is 2.05 bits per heavy atom. The van der Waals surface area contributed by atoms with Gasteiger partial charge in [0, 0.05) is 12.6 Å². The zero-order valence-corrected chi connectivity index (χ0v) is 11.2. The number of halogens is 2. The second-order valence-electron chi connectivity index (χ2n) is 4.28. The van der Waals surface area contributed by atoms with E-state index in [-0.39, 0.29) is 0 Å². The van der Waals surface area contributed by atoms with E-state index in [0.29, 0.717) is 16.4 Å². The van der Waals surface area contributed by atoms with E-state index in [9.17, 15) is 26.8 Å². The third-order valence-electron chi connectivity index (χ3n) is 2.91. The molecular formula is C11H10F2N2O5S. The second-order valence-corrected chi connectivity index (χ2v) is 6.14. The molecule has 2 rings (SSSR count). The predicted octanol–water partition coefficient (Wildman–Crippen LogP) is -0.461. The van der Waals surface area contributed by atoms with Gasteiger partial charge in [-0.25, -0.2) is 17.2 Å². The van der Waals surface area contributed by atoms with E-state index in [1.54, 1.807) is 0 Å². The Hall–Kier alpha value is -2.07. The van der Waals surface area contributed by atoms with E-state index in [4.69, 9.17) is 5.11 Å². The molecule has 0 aromatic heterocycles. The van der Waals surface area contributed by atoms with E-state index in [1.807, 2.05) is 0 Å². The number of amides is 1. The number of nitrogens with zero attached hydrogens (tertiary/aromatic N) is 1. The standard InChI is InChI=1S/C11H10F2N2O5S/c12-6-1-2-9(7(13)3-6)21(19,20)15-5-10(16)14-4-8(15)11(17)18/h1-3,8H,4-5H2,(H,14,16)(H,17,18). The number of nitrogens with one attached hydrogen (secondary N) is 1. The monoisotopic (exact) mass is 320 g/mol. The van der Waals surface area contributed by atoms with Gasteiger partial charge in [-0.3, -0.25) is 9.59 Å². The number of carboxylic acids is 1. The molecule has 0 bridgehead atoms. The molecule has 1 fully saturated rings. The summed E-state index contributed by atoms with van der Waals surface area (Å²) in [4.78, 5) is 21.5. The van der Waals surface area contributed by atoms with Gasteiger partial charge in [-0.15, -0.1) is 0 Å². The van der Waals surface area contributed by atoms with Crippen LogP contribution in [0.15, 0.2) is 23.1 Å². The van der Waals surface area contributed by atoms with Crippen LogP contribution in [0.2, 0.25) is 0 Å². The quantitative estimate of drug-likeness (QED) is 0.784. The van der Waals surface area contributed by atoms with Crippen molar-refractivity contribution in [3.63, 3.8) is 0 Å². The van der Waals surface area contributed by atoms with Gasteiger partial charge in [0.05, 0.1) is 6.54 Å². The summed E-state index contributed by atoms with van der Waals surface area (Å²) in [5, 5.41) is 11.2. The summed E-state index contributed by atoms with van der Waals surface area (Å²) < 4.78 is 51.5. The molecule has 1 aromatic rings. The van der Waals surface area contributed by atoms with Gasteiger partial charge in [0.1, 0.15) is 22.6 Å². The lowest BCUT2D eigenvalue weighted by Crippen LogP contribution is -2.59. The van der Waals surface area contributed by atoms with Crippen molar-refractivity contribution in [2.24, 2.45) is 0 Å². The molecule has 1 saturated heterocycles. The summed E-state index contributed by atoms with van der Waals surface area (Å²) in [5.41, 5.74) is 0. The van der Waals surface area contributed by atoms with Gasteiger partial charge in [-0.1, -0.05) is 0 Å². The highest BCUT2D eigenvalue weighted by atomic mass is 32.2. The van der Waals surface area contributed by atoms with E-state index >= 15 is 0 Å². The first kappa shape index (κ1) is 15.3. The van der Waals surface area contributed by atoms with Crippen molar-refractivity contribution in [3.8, 4) is 0 Å². The van der Waals surface area contributed by atoms with E-state index in [2.05, 4.69) is 5.32 Å². The Balaban J connectivity index is 2.49. The number of hydrogen-bond donors (Lipinski definition) is 2. The van der Waals surface area contributed by atoms with Crippen molar-refractivity contribution < 1.29 is 31.9 Å². The van der Waals surface area contributed by atoms with Crippen LogP contribution in [0.1, 0.15) is 0 Å². The first-order chi connectivity index (χ1) is 9.73. The van der Waals surface area contributed by atoms with E-state index in [1.165, 1.54) is 0 Å². The first-order valence-corrected chi connectivity index (χ1v) is 7.14. The Morgan fingerprint density at radius 3 is 2.62 bits per heavy atom. The number of piperazine rings is 1. The molecular weight excluding hydrogens is 310 g/mol. The largest absolute Gasteiger partial charge is 0.480 e. The number of carbonyl (C=O) groups excluding carboxylic acids is 1. The number of sulfonamides is 1. The minimum atomic E-state index is -4.59. The SMILES string of the molecule is O=C1CN(S(=O)(=O)c2ccc(F)cc2F)C(C(=O)O)CN1. The highest BCUT2D eigenvalue weighted by Gasteiger charge is 2.41. The molecule has 1 heterocycles. The van der Waals surface area contributed by atoms with Gasteiger partial charge >= 0.3 is 5.97 Å². The fourth-order valence-electron chi connectivity index (χ4n) is 1.89. The molecule has 10 heteroatoms. The van der Waals surface area contributed by atoms with Gasteiger partial charge in [0.2, 0.25) is 15.9 Å². The normalized spacial score (nSPS) is 20.1. The lowest BCUT2D eigenvalue weighted by Gasteiger charge is -2.31. The predicted molar refractivity (Wildman–Crippen MR) is 64.7 cm³/mol. The van der Waals surface area contributed by atoms with Gasteiger partial charge in [0.15, 0.2) is 0 Å². The molecule has 1 atom stereocenters. The minimum absolute atomic E-state index is 0.368. The molecule has 0 aliphatic carbocycles. The maximum atomic E-state index is 13.6. The van der Waals surface area contributed by atoms with Gasteiger partial charge in [0.25, 0.3) is 0 Å². The highest BCUT2D eigenvalue weighted by molar-refractivity contribution is 7.89. The van der Waals surface area contributed by atoms with Crippen LogP contribution in [0.3, 0.4) is 0 Å². The molecule has 21 heavy (non-hydrogen) atoms. The van der Waals surface area contributed by atoms with Crippen molar-refractivity contribution in [3.05, 3.63) is 29.8 Å². The lowest BCUT2D eigenvalue weighted by atomic mass is 10.2. The number of benzene rings is 1. The second kappa shape index (κ2) is 5.37. The molecule has 1 aliphatic heterocycles. The molecule has 2 N–H and O–H groups in total. The third-order valence-corrected chi connectivity index (χ3v) is 4.79. The zero-order chi connectivity index (χ0) is 15.8. The van der Waals surface area contributed by atoms with Crippen molar-refractivity contribution in [2.45, 2.75) is 10.9 Å². The number of carbonyl (C=O) groups is 2. The fraction of sp³-hybridized carbons (Fsp3) is 0.273. The number of hydrogen-bond acceptors (Lipinski definition) is 4. The van der Waals surface area contributed by atoms with Crippen LogP contribution >= 0.6 is 0 Å². The van der Waals surface area contributed by atoms with Crippen LogP contribution in [0, 0.1) is 11.6 Å². The summed E-state index contributed by atoms with van der Waals surface area (Å²) >= 11 is 0. The molecule has 1 aliphatic rings. The highest BCUT2D eigenvalue weighted by Crippen LogP contribution is 2.23. The smallest absolute Gasteiger partial charge is 0.323 e. The Kier molecular flexibility index (Phi) is 3.92. The number of carboxylic acid groups (broad SMARTS) is 1. The van der Waals surface area contributed by atoms with Crippen molar-refractivity contribution in [1.82, 2.24) is 9.62 Å². The summed E-state index contributed by atoms with van der Waals surface area (Å²) in [6.45, 7) is -1.19.